The molecule has 124 valence electrons. The van der Waals surface area contributed by atoms with Crippen molar-refractivity contribution >= 4 is 29.9 Å². The van der Waals surface area contributed by atoms with Crippen molar-refractivity contribution < 1.29 is 9.53 Å². The number of nitrogens with zero attached hydrogens (tertiary/aromatic N) is 1. The fraction of sp³-hybridized carbons (Fsp3) is 0.562. The predicted octanol–water partition coefficient (Wildman–Crippen LogP) is 3.03. The van der Waals surface area contributed by atoms with Crippen LogP contribution in [-0.2, 0) is 4.79 Å². The van der Waals surface area contributed by atoms with E-state index in [4.69, 9.17) is 22.1 Å². The van der Waals surface area contributed by atoms with Crippen molar-refractivity contribution in [2.24, 2.45) is 11.7 Å². The van der Waals surface area contributed by atoms with Crippen LogP contribution in [0.25, 0.3) is 0 Å². The normalized spacial score (nSPS) is 16.8. The van der Waals surface area contributed by atoms with Gasteiger partial charge in [-0.2, -0.15) is 0 Å². The highest BCUT2D eigenvalue weighted by Crippen LogP contribution is 2.22. The van der Waals surface area contributed by atoms with Crippen molar-refractivity contribution in [3.8, 4) is 5.75 Å². The average Bonchev–Trinajstić information content (AvgIpc) is 2.48. The third kappa shape index (κ3) is 5.04. The highest BCUT2D eigenvalue weighted by Gasteiger charge is 2.24. The van der Waals surface area contributed by atoms with Crippen LogP contribution in [0.5, 0.6) is 5.75 Å². The Balaban J connectivity index is 0.00000242. The van der Waals surface area contributed by atoms with Crippen LogP contribution in [0.4, 0.5) is 0 Å². The Bertz CT molecular complexity index is 501. The molecule has 0 bridgehead atoms. The topological polar surface area (TPSA) is 55.6 Å². The van der Waals surface area contributed by atoms with Gasteiger partial charge in [-0.3, -0.25) is 4.79 Å². The summed E-state index contributed by atoms with van der Waals surface area (Å²) in [6, 6.07) is 5.61. The van der Waals surface area contributed by atoms with Crippen molar-refractivity contribution in [3.63, 3.8) is 0 Å². The molecule has 1 amide bonds. The molecular formula is C16H24Cl2N2O2. The smallest absolute Gasteiger partial charge is 0.260 e. The Hall–Kier alpha value is -0.970. The van der Waals surface area contributed by atoms with Gasteiger partial charge < -0.3 is 15.4 Å². The highest BCUT2D eigenvalue weighted by atomic mass is 35.5. The van der Waals surface area contributed by atoms with Crippen LogP contribution in [0, 0.1) is 12.8 Å². The summed E-state index contributed by atoms with van der Waals surface area (Å²) in [5, 5.41) is 0.701. The number of benzene rings is 1. The molecular weight excluding hydrogens is 323 g/mol. The molecule has 1 atom stereocenters. The van der Waals surface area contributed by atoms with Gasteiger partial charge in [0.2, 0.25) is 0 Å². The maximum absolute atomic E-state index is 12.1. The summed E-state index contributed by atoms with van der Waals surface area (Å²) >= 11 is 5.96. The molecule has 0 aliphatic carbocycles. The first-order valence-electron chi connectivity index (χ1n) is 7.39. The van der Waals surface area contributed by atoms with Crippen LogP contribution in [0.1, 0.15) is 25.3 Å². The van der Waals surface area contributed by atoms with E-state index in [1.54, 1.807) is 12.1 Å². The van der Waals surface area contributed by atoms with E-state index < -0.39 is 0 Å². The summed E-state index contributed by atoms with van der Waals surface area (Å²) in [5.74, 6) is 1.23. The average molecular weight is 347 g/mol. The van der Waals surface area contributed by atoms with Crippen molar-refractivity contribution in [2.45, 2.75) is 32.7 Å². The van der Waals surface area contributed by atoms with E-state index in [2.05, 4.69) is 0 Å². The number of halogens is 2. The molecule has 2 rings (SSSR count). The van der Waals surface area contributed by atoms with Crippen molar-refractivity contribution in [1.29, 1.82) is 0 Å². The van der Waals surface area contributed by atoms with Gasteiger partial charge in [-0.1, -0.05) is 11.6 Å². The lowest BCUT2D eigenvalue weighted by atomic mass is 9.91. The first-order valence-corrected chi connectivity index (χ1v) is 7.77. The Morgan fingerprint density at radius 1 is 1.45 bits per heavy atom. The summed E-state index contributed by atoms with van der Waals surface area (Å²) < 4.78 is 5.56. The van der Waals surface area contributed by atoms with Crippen LogP contribution >= 0.6 is 24.0 Å². The van der Waals surface area contributed by atoms with Gasteiger partial charge in [0.25, 0.3) is 5.91 Å². The van der Waals surface area contributed by atoms with Gasteiger partial charge in [0.15, 0.2) is 6.61 Å². The number of carbonyl (C=O) groups excluding carboxylic acids is 1. The fourth-order valence-electron chi connectivity index (χ4n) is 2.62. The maximum atomic E-state index is 12.1. The van der Waals surface area contributed by atoms with Gasteiger partial charge >= 0.3 is 0 Å². The minimum Gasteiger partial charge on any atom is -0.484 e. The largest absolute Gasteiger partial charge is 0.484 e. The molecule has 0 saturated carbocycles. The first kappa shape index (κ1) is 19.1. The molecule has 1 heterocycles. The second kappa shape index (κ2) is 8.61. The van der Waals surface area contributed by atoms with E-state index in [0.29, 0.717) is 16.7 Å². The number of carbonyl (C=O) groups is 1. The third-order valence-corrected chi connectivity index (χ3v) is 4.55. The number of piperidine rings is 1. The Kier molecular flexibility index (Phi) is 7.46. The number of likely N-dealkylation sites (tertiary alicyclic amines) is 1. The molecule has 1 aromatic rings. The predicted molar refractivity (Wildman–Crippen MR) is 91.9 cm³/mol. The molecule has 1 aromatic carbocycles. The summed E-state index contributed by atoms with van der Waals surface area (Å²) in [7, 11) is 0. The molecule has 2 N–H and O–H groups in total. The molecule has 1 saturated heterocycles. The second-order valence-electron chi connectivity index (χ2n) is 5.78. The van der Waals surface area contributed by atoms with E-state index in [9.17, 15) is 4.79 Å². The summed E-state index contributed by atoms with van der Waals surface area (Å²) in [6.07, 6.45) is 1.95. The van der Waals surface area contributed by atoms with Gasteiger partial charge in [0.1, 0.15) is 5.75 Å². The molecule has 1 aliphatic heterocycles. The van der Waals surface area contributed by atoms with Crippen molar-refractivity contribution in [2.75, 3.05) is 19.7 Å². The quantitative estimate of drug-likeness (QED) is 0.911. The number of amides is 1. The zero-order chi connectivity index (χ0) is 15.4. The van der Waals surface area contributed by atoms with Gasteiger partial charge in [-0.05, 0) is 56.4 Å². The van der Waals surface area contributed by atoms with Gasteiger partial charge in [-0.25, -0.2) is 0 Å². The first-order chi connectivity index (χ1) is 9.97. The number of nitrogens with two attached hydrogens (primary N) is 1. The SMILES string of the molecule is Cc1cc(OCC(=O)N2CCC(C(C)N)CC2)ccc1Cl.Cl. The molecule has 4 nitrogen and oxygen atoms in total. The van der Waals surface area contributed by atoms with E-state index in [1.807, 2.05) is 24.8 Å². The number of hydrogen-bond donors (Lipinski definition) is 1. The zero-order valence-electron chi connectivity index (χ0n) is 13.0. The number of ether oxygens (including phenoxy) is 1. The van der Waals surface area contributed by atoms with Crippen LogP contribution in [0.3, 0.4) is 0 Å². The Labute approximate surface area is 143 Å². The molecule has 0 spiro atoms. The number of hydrogen-bond acceptors (Lipinski definition) is 3. The Morgan fingerprint density at radius 3 is 2.64 bits per heavy atom. The number of aryl methyl sites for hydroxylation is 1. The van der Waals surface area contributed by atoms with E-state index in [-0.39, 0.29) is 31.0 Å². The van der Waals surface area contributed by atoms with Crippen LogP contribution in [0.2, 0.25) is 5.02 Å². The number of rotatable bonds is 4. The van der Waals surface area contributed by atoms with Crippen molar-refractivity contribution in [1.82, 2.24) is 4.90 Å². The van der Waals surface area contributed by atoms with Crippen LogP contribution in [0.15, 0.2) is 18.2 Å². The summed E-state index contributed by atoms with van der Waals surface area (Å²) in [6.45, 7) is 5.57. The standard InChI is InChI=1S/C16H23ClN2O2.ClH/c1-11-9-14(3-4-15(11)17)21-10-16(20)19-7-5-13(6-8-19)12(2)18;/h3-4,9,12-13H,5-8,10,18H2,1-2H3;1H. The van der Waals surface area contributed by atoms with Crippen LogP contribution < -0.4 is 10.5 Å². The van der Waals surface area contributed by atoms with E-state index in [1.165, 1.54) is 0 Å². The molecule has 22 heavy (non-hydrogen) atoms. The van der Waals surface area contributed by atoms with E-state index >= 15 is 0 Å². The fourth-order valence-corrected chi connectivity index (χ4v) is 2.74. The zero-order valence-corrected chi connectivity index (χ0v) is 14.6. The van der Waals surface area contributed by atoms with Gasteiger partial charge in [0, 0.05) is 24.2 Å². The van der Waals surface area contributed by atoms with Crippen molar-refractivity contribution in [3.05, 3.63) is 28.8 Å². The third-order valence-electron chi connectivity index (χ3n) is 4.13. The molecule has 6 heteroatoms. The lowest BCUT2D eigenvalue weighted by Gasteiger charge is -2.33. The highest BCUT2D eigenvalue weighted by molar-refractivity contribution is 6.31. The molecule has 1 unspecified atom stereocenters. The minimum atomic E-state index is 0. The van der Waals surface area contributed by atoms with Crippen LogP contribution in [-0.4, -0.2) is 36.5 Å². The molecule has 0 radical (unpaired) electrons. The second-order valence-corrected chi connectivity index (χ2v) is 6.18. The molecule has 0 aromatic heterocycles. The molecule has 1 aliphatic rings. The minimum absolute atomic E-state index is 0. The van der Waals surface area contributed by atoms with E-state index in [0.717, 1.165) is 31.5 Å². The van der Waals surface area contributed by atoms with Gasteiger partial charge in [0.05, 0.1) is 0 Å². The van der Waals surface area contributed by atoms with Gasteiger partial charge in [-0.15, -0.1) is 12.4 Å². The molecule has 1 fully saturated rings. The summed E-state index contributed by atoms with van der Waals surface area (Å²) in [4.78, 5) is 14.0. The monoisotopic (exact) mass is 346 g/mol. The lowest BCUT2D eigenvalue weighted by molar-refractivity contribution is -0.134. The Morgan fingerprint density at radius 2 is 2.09 bits per heavy atom. The lowest BCUT2D eigenvalue weighted by Crippen LogP contribution is -2.44. The maximum Gasteiger partial charge on any atom is 0.260 e. The summed E-state index contributed by atoms with van der Waals surface area (Å²) in [5.41, 5.74) is 6.85.